The van der Waals surface area contributed by atoms with Crippen molar-refractivity contribution in [1.29, 1.82) is 0 Å². The molecule has 2 aliphatic rings. The van der Waals surface area contributed by atoms with Crippen LogP contribution in [0.4, 0.5) is 10.2 Å². The lowest BCUT2D eigenvalue weighted by molar-refractivity contribution is 0.0512. The van der Waals surface area contributed by atoms with Crippen LogP contribution in [0.5, 0.6) is 11.8 Å². The third-order valence-corrected chi connectivity index (χ3v) is 9.17. The van der Waals surface area contributed by atoms with Gasteiger partial charge >= 0.3 is 6.01 Å². The number of ether oxygens (including phenoxy) is 3. The van der Waals surface area contributed by atoms with Gasteiger partial charge in [0, 0.05) is 44.0 Å². The molecule has 6 rings (SSSR count). The van der Waals surface area contributed by atoms with E-state index in [9.17, 15) is 5.11 Å². The fourth-order valence-electron chi connectivity index (χ4n) is 6.65. The number of benzene rings is 2. The topological polar surface area (TPSA) is 93.1 Å². The number of fused-ring (bicyclic) bond motifs is 2. The van der Waals surface area contributed by atoms with Gasteiger partial charge in [-0.15, -0.1) is 0 Å². The van der Waals surface area contributed by atoms with Gasteiger partial charge in [-0.3, -0.25) is 9.88 Å². The number of likely N-dealkylation sites (N-methyl/N-ethyl adjacent to an activating group) is 1. The minimum absolute atomic E-state index is 0.0778. The van der Waals surface area contributed by atoms with E-state index < -0.39 is 5.82 Å². The Morgan fingerprint density at radius 1 is 1.02 bits per heavy atom. The fourth-order valence-corrected chi connectivity index (χ4v) is 6.65. The van der Waals surface area contributed by atoms with Crippen LogP contribution in [0.3, 0.4) is 0 Å². The molecule has 2 aromatic carbocycles. The van der Waals surface area contributed by atoms with Crippen molar-refractivity contribution in [3.8, 4) is 23.0 Å². The van der Waals surface area contributed by atoms with E-state index in [4.69, 9.17) is 24.2 Å². The number of hydrogen-bond donors (Lipinski definition) is 1. The highest BCUT2D eigenvalue weighted by atomic mass is 19.1. The lowest BCUT2D eigenvalue weighted by Gasteiger charge is -2.25. The van der Waals surface area contributed by atoms with Crippen LogP contribution in [-0.4, -0.2) is 84.3 Å². The van der Waals surface area contributed by atoms with Gasteiger partial charge in [0.2, 0.25) is 0 Å². The molecule has 1 N–H and O–H groups in total. The molecule has 2 fully saturated rings. The van der Waals surface area contributed by atoms with Crippen molar-refractivity contribution in [3.63, 3.8) is 0 Å². The summed E-state index contributed by atoms with van der Waals surface area (Å²) in [5.74, 6) is 0.720. The molecule has 2 saturated heterocycles. The summed E-state index contributed by atoms with van der Waals surface area (Å²) in [5, 5.41) is 12.1. The summed E-state index contributed by atoms with van der Waals surface area (Å²) < 4.78 is 34.0. The van der Waals surface area contributed by atoms with E-state index in [2.05, 4.69) is 27.8 Å². The number of halogens is 1. The van der Waals surface area contributed by atoms with E-state index in [0.29, 0.717) is 29.1 Å². The molecule has 0 amide bonds. The van der Waals surface area contributed by atoms with Crippen LogP contribution in [0, 0.1) is 5.82 Å². The first-order valence-corrected chi connectivity index (χ1v) is 15.8. The van der Waals surface area contributed by atoms with Crippen molar-refractivity contribution in [1.82, 2.24) is 19.9 Å². The molecule has 10 heteroatoms. The van der Waals surface area contributed by atoms with Gasteiger partial charge in [0.1, 0.15) is 29.4 Å². The third-order valence-electron chi connectivity index (χ3n) is 9.17. The zero-order valence-electron chi connectivity index (χ0n) is 25.9. The number of likely N-dealkylation sites (tertiary alicyclic amines) is 1. The number of hydrogen-bond acceptors (Lipinski definition) is 9. The summed E-state index contributed by atoms with van der Waals surface area (Å²) >= 11 is 0. The maximum atomic E-state index is 16.9. The van der Waals surface area contributed by atoms with Crippen LogP contribution < -0.4 is 14.4 Å². The van der Waals surface area contributed by atoms with Crippen LogP contribution in [0.15, 0.2) is 36.5 Å². The first kappa shape index (κ1) is 30.4. The predicted octanol–water partition coefficient (Wildman–Crippen LogP) is 5.74. The number of aliphatic hydroxyl groups is 1. The van der Waals surface area contributed by atoms with Gasteiger partial charge in [0.25, 0.3) is 0 Å². The molecule has 0 spiro atoms. The summed E-state index contributed by atoms with van der Waals surface area (Å²) in [5.41, 5.74) is 2.14. The number of anilines is 1. The monoisotopic (exact) mass is 603 g/mol. The Bertz CT molecular complexity index is 1610. The van der Waals surface area contributed by atoms with Crippen molar-refractivity contribution in [3.05, 3.63) is 47.9 Å². The highest BCUT2D eigenvalue weighted by Gasteiger charge is 2.31. The van der Waals surface area contributed by atoms with Crippen LogP contribution >= 0.6 is 0 Å². The summed E-state index contributed by atoms with van der Waals surface area (Å²) in [4.78, 5) is 18.6. The Morgan fingerprint density at radius 2 is 1.82 bits per heavy atom. The predicted molar refractivity (Wildman–Crippen MR) is 170 cm³/mol. The smallest absolute Gasteiger partial charge is 0.319 e. The summed E-state index contributed by atoms with van der Waals surface area (Å²) in [6.07, 6.45) is 8.72. The van der Waals surface area contributed by atoms with E-state index in [0.717, 1.165) is 74.4 Å². The number of aromatic nitrogens is 3. The maximum absolute atomic E-state index is 16.9. The molecule has 9 nitrogen and oxygen atoms in total. The lowest BCUT2D eigenvalue weighted by Crippen LogP contribution is -2.37. The number of methoxy groups -OCH3 is 1. The normalized spacial score (nSPS) is 19.5. The molecule has 234 valence electrons. The molecule has 2 atom stereocenters. The molecule has 4 aromatic rings. The van der Waals surface area contributed by atoms with Crippen molar-refractivity contribution in [2.24, 2.45) is 0 Å². The largest absolute Gasteiger partial charge is 0.468 e. The number of rotatable bonds is 10. The number of pyridine rings is 1. The van der Waals surface area contributed by atoms with Crippen molar-refractivity contribution < 1.29 is 23.7 Å². The molecule has 0 bridgehead atoms. The van der Waals surface area contributed by atoms with Gasteiger partial charge in [-0.05, 0) is 67.6 Å². The highest BCUT2D eigenvalue weighted by Crippen LogP contribution is 2.39. The average Bonchev–Trinajstić information content (AvgIpc) is 3.21. The zero-order chi connectivity index (χ0) is 30.6. The molecular weight excluding hydrogens is 561 g/mol. The molecule has 2 aliphatic heterocycles. The Labute approximate surface area is 258 Å². The standard InChI is InChI=1S/C34H42FN5O4/c1-4-22-10-9-11-23-16-26(44-21-42-3)17-27(29(22)23)31-30(35)32-28(18-36-31)33(40-14-7-5-6-8-15-40)38-34(37-32)43-20-25-13-12-24(19-41)39(25)2/h9-11,16-18,24-25,41H,4-8,12-15,19-21H2,1-3H3/t24?,25-/m0/s1. The van der Waals surface area contributed by atoms with Crippen LogP contribution in [-0.2, 0) is 11.2 Å². The third kappa shape index (κ3) is 6.03. The minimum atomic E-state index is -0.514. The molecule has 44 heavy (non-hydrogen) atoms. The van der Waals surface area contributed by atoms with Gasteiger partial charge in [-0.2, -0.15) is 9.97 Å². The Kier molecular flexibility index (Phi) is 9.39. The SMILES string of the molecule is CCc1cccc2cc(OCOC)cc(-c3ncc4c(N5CCCCCC5)nc(OC[C@@H]5CCC(CO)N5C)nc4c3F)c12. The van der Waals surface area contributed by atoms with Gasteiger partial charge in [-0.25, -0.2) is 4.39 Å². The lowest BCUT2D eigenvalue weighted by atomic mass is 9.95. The molecule has 2 aromatic heterocycles. The van der Waals surface area contributed by atoms with Crippen LogP contribution in [0.2, 0.25) is 0 Å². The zero-order valence-corrected chi connectivity index (χ0v) is 25.9. The average molecular weight is 604 g/mol. The van der Waals surface area contributed by atoms with E-state index in [1.807, 2.05) is 31.3 Å². The van der Waals surface area contributed by atoms with Crippen LogP contribution in [0.1, 0.15) is 51.0 Å². The van der Waals surface area contributed by atoms with E-state index in [-0.39, 0.29) is 42.7 Å². The molecule has 1 unspecified atom stereocenters. The second-order valence-electron chi connectivity index (χ2n) is 11.8. The first-order chi connectivity index (χ1) is 21.5. The van der Waals surface area contributed by atoms with E-state index in [1.165, 1.54) is 0 Å². The summed E-state index contributed by atoms with van der Waals surface area (Å²) in [6, 6.07) is 10.2. The van der Waals surface area contributed by atoms with E-state index in [1.54, 1.807) is 13.3 Å². The second kappa shape index (κ2) is 13.6. The fraction of sp³-hybridized carbons (Fsp3) is 0.500. The number of aliphatic hydroxyl groups excluding tert-OH is 1. The minimum Gasteiger partial charge on any atom is -0.468 e. The molecule has 0 aliphatic carbocycles. The van der Waals surface area contributed by atoms with Gasteiger partial charge < -0.3 is 24.2 Å². The Balaban J connectivity index is 1.48. The maximum Gasteiger partial charge on any atom is 0.319 e. The van der Waals surface area contributed by atoms with Crippen molar-refractivity contribution in [2.75, 3.05) is 52.2 Å². The summed E-state index contributed by atoms with van der Waals surface area (Å²) in [7, 11) is 3.57. The number of aryl methyl sites for hydroxylation is 1. The van der Waals surface area contributed by atoms with Crippen molar-refractivity contribution >= 4 is 27.5 Å². The van der Waals surface area contributed by atoms with Gasteiger partial charge in [0.15, 0.2) is 12.6 Å². The van der Waals surface area contributed by atoms with Gasteiger partial charge in [0.05, 0.1) is 12.0 Å². The highest BCUT2D eigenvalue weighted by molar-refractivity contribution is 6.01. The Hall–Kier alpha value is -3.60. The molecule has 4 heterocycles. The quantitative estimate of drug-likeness (QED) is 0.228. The molecule has 0 radical (unpaired) electrons. The molecular formula is C34H42FN5O4. The van der Waals surface area contributed by atoms with Crippen LogP contribution in [0.25, 0.3) is 32.9 Å². The molecule has 0 saturated carbocycles. The van der Waals surface area contributed by atoms with Crippen molar-refractivity contribution in [2.45, 2.75) is 64.0 Å². The first-order valence-electron chi connectivity index (χ1n) is 15.8. The number of nitrogens with zero attached hydrogens (tertiary/aromatic N) is 5. The Morgan fingerprint density at radius 3 is 2.55 bits per heavy atom. The van der Waals surface area contributed by atoms with E-state index >= 15 is 4.39 Å². The second-order valence-corrected chi connectivity index (χ2v) is 11.8. The van der Waals surface area contributed by atoms with Gasteiger partial charge in [-0.1, -0.05) is 38.0 Å². The summed E-state index contributed by atoms with van der Waals surface area (Å²) in [6.45, 7) is 4.32.